The SMILES string of the molecule is Cn1c(=O)[nH]c2oc(Cl)c(CC(=O)O)c2c1=O. The standard InChI is InChI=1S/C9H7ClN2O5/c1-12-8(15)5-3(2-4(13)14)6(10)17-7(5)11-9(12)16/h2H2,1H3,(H,11,16)(H,13,14). The number of rotatable bonds is 2. The Morgan fingerprint density at radius 1 is 1.53 bits per heavy atom. The fraction of sp³-hybridized carbons (Fsp3) is 0.222. The van der Waals surface area contributed by atoms with Gasteiger partial charge < -0.3 is 9.52 Å². The van der Waals surface area contributed by atoms with Gasteiger partial charge in [0.25, 0.3) is 5.56 Å². The van der Waals surface area contributed by atoms with Crippen molar-refractivity contribution in [3.63, 3.8) is 0 Å². The summed E-state index contributed by atoms with van der Waals surface area (Å²) in [5.74, 6) is -1.15. The summed E-state index contributed by atoms with van der Waals surface area (Å²) in [5.41, 5.74) is -1.35. The Kier molecular flexibility index (Phi) is 2.55. The number of hydrogen-bond acceptors (Lipinski definition) is 4. The summed E-state index contributed by atoms with van der Waals surface area (Å²) < 4.78 is 5.77. The second kappa shape index (κ2) is 3.77. The largest absolute Gasteiger partial charge is 0.481 e. The molecule has 0 spiro atoms. The first-order chi connectivity index (χ1) is 7.91. The van der Waals surface area contributed by atoms with E-state index in [0.717, 1.165) is 4.57 Å². The quantitative estimate of drug-likeness (QED) is 0.795. The van der Waals surface area contributed by atoms with E-state index >= 15 is 0 Å². The highest BCUT2D eigenvalue weighted by molar-refractivity contribution is 6.31. The number of nitrogens with one attached hydrogen (secondary N) is 1. The first-order valence-corrected chi connectivity index (χ1v) is 4.91. The Morgan fingerprint density at radius 3 is 2.76 bits per heavy atom. The molecule has 90 valence electrons. The topological polar surface area (TPSA) is 105 Å². The lowest BCUT2D eigenvalue weighted by molar-refractivity contribution is -0.136. The number of carboxylic acid groups (broad SMARTS) is 1. The molecule has 7 nitrogen and oxygen atoms in total. The van der Waals surface area contributed by atoms with Gasteiger partial charge in [0.1, 0.15) is 5.39 Å². The summed E-state index contributed by atoms with van der Waals surface area (Å²) in [4.78, 5) is 36.0. The number of aromatic nitrogens is 2. The normalized spacial score (nSPS) is 10.9. The predicted molar refractivity (Wildman–Crippen MR) is 58.4 cm³/mol. The second-order valence-corrected chi connectivity index (χ2v) is 3.77. The molecule has 0 bridgehead atoms. The van der Waals surface area contributed by atoms with Crippen molar-refractivity contribution < 1.29 is 14.3 Å². The molecular weight excluding hydrogens is 252 g/mol. The van der Waals surface area contributed by atoms with Gasteiger partial charge in [0.05, 0.1) is 6.42 Å². The number of aliphatic carboxylic acids is 1. The van der Waals surface area contributed by atoms with Crippen molar-refractivity contribution >= 4 is 28.7 Å². The van der Waals surface area contributed by atoms with E-state index in [2.05, 4.69) is 4.98 Å². The molecule has 0 radical (unpaired) electrons. The number of hydrogen-bond donors (Lipinski definition) is 2. The fourth-order valence-corrected chi connectivity index (χ4v) is 1.74. The summed E-state index contributed by atoms with van der Waals surface area (Å²) in [6, 6.07) is 0. The Bertz CT molecular complexity index is 723. The number of nitrogens with zero attached hydrogens (tertiary/aromatic N) is 1. The minimum atomic E-state index is -1.15. The zero-order chi connectivity index (χ0) is 12.7. The average molecular weight is 259 g/mol. The van der Waals surface area contributed by atoms with Crippen molar-refractivity contribution in [3.05, 3.63) is 31.6 Å². The highest BCUT2D eigenvalue weighted by atomic mass is 35.5. The van der Waals surface area contributed by atoms with Crippen molar-refractivity contribution in [2.24, 2.45) is 7.05 Å². The van der Waals surface area contributed by atoms with Crippen molar-refractivity contribution in [1.82, 2.24) is 9.55 Å². The van der Waals surface area contributed by atoms with Crippen LogP contribution in [0.4, 0.5) is 0 Å². The number of aromatic amines is 1. The molecule has 0 aliphatic rings. The first kappa shape index (κ1) is 11.5. The van der Waals surface area contributed by atoms with E-state index in [-0.39, 0.29) is 21.9 Å². The monoisotopic (exact) mass is 258 g/mol. The highest BCUT2D eigenvalue weighted by Gasteiger charge is 2.20. The average Bonchev–Trinajstić information content (AvgIpc) is 2.51. The number of fused-ring (bicyclic) bond motifs is 1. The molecule has 8 heteroatoms. The van der Waals surface area contributed by atoms with Crippen molar-refractivity contribution in [2.45, 2.75) is 6.42 Å². The van der Waals surface area contributed by atoms with Crippen molar-refractivity contribution in [2.75, 3.05) is 0 Å². The third-order valence-electron chi connectivity index (χ3n) is 2.33. The van der Waals surface area contributed by atoms with E-state index in [9.17, 15) is 14.4 Å². The van der Waals surface area contributed by atoms with Crippen molar-refractivity contribution in [3.8, 4) is 0 Å². The molecule has 2 heterocycles. The van der Waals surface area contributed by atoms with Crippen LogP contribution >= 0.6 is 11.6 Å². The highest BCUT2D eigenvalue weighted by Crippen LogP contribution is 2.25. The molecule has 0 aliphatic heterocycles. The minimum Gasteiger partial charge on any atom is -0.481 e. The molecule has 0 aromatic carbocycles. The van der Waals surface area contributed by atoms with Crippen LogP contribution < -0.4 is 11.2 Å². The van der Waals surface area contributed by atoms with Crippen molar-refractivity contribution in [1.29, 1.82) is 0 Å². The maximum absolute atomic E-state index is 11.8. The number of carboxylic acids is 1. The van der Waals surface area contributed by atoms with Gasteiger partial charge in [-0.1, -0.05) is 0 Å². The van der Waals surface area contributed by atoms with Gasteiger partial charge in [0.15, 0.2) is 0 Å². The van der Waals surface area contributed by atoms with Gasteiger partial charge in [-0.3, -0.25) is 19.1 Å². The maximum atomic E-state index is 11.8. The summed E-state index contributed by atoms with van der Waals surface area (Å²) >= 11 is 5.69. The summed E-state index contributed by atoms with van der Waals surface area (Å²) in [6.45, 7) is 0. The smallest absolute Gasteiger partial charge is 0.330 e. The molecule has 0 fully saturated rings. The number of carbonyl (C=O) groups is 1. The molecule has 0 saturated carbocycles. The van der Waals surface area contributed by atoms with Crippen LogP contribution in [0.25, 0.3) is 11.1 Å². The Morgan fingerprint density at radius 2 is 2.18 bits per heavy atom. The van der Waals surface area contributed by atoms with Crippen LogP contribution in [0.3, 0.4) is 0 Å². The molecule has 2 N–H and O–H groups in total. The van der Waals surface area contributed by atoms with E-state index < -0.39 is 23.6 Å². The maximum Gasteiger partial charge on any atom is 0.330 e. The van der Waals surface area contributed by atoms with Crippen LogP contribution in [0.1, 0.15) is 5.56 Å². The molecule has 0 atom stereocenters. The van der Waals surface area contributed by atoms with Gasteiger partial charge in [-0.25, -0.2) is 4.79 Å². The fourth-order valence-electron chi connectivity index (χ4n) is 1.50. The van der Waals surface area contributed by atoms with E-state index in [1.54, 1.807) is 0 Å². The Labute approximate surface area is 98.2 Å². The molecule has 0 saturated heterocycles. The molecule has 0 amide bonds. The van der Waals surface area contributed by atoms with Gasteiger partial charge in [0, 0.05) is 12.6 Å². The molecular formula is C9H7ClN2O5. The lowest BCUT2D eigenvalue weighted by atomic mass is 10.2. The Hall–Kier alpha value is -2.02. The molecule has 2 aromatic heterocycles. The zero-order valence-corrected chi connectivity index (χ0v) is 9.37. The first-order valence-electron chi connectivity index (χ1n) is 4.53. The predicted octanol–water partition coefficient (Wildman–Crippen LogP) is 0.100. The van der Waals surface area contributed by atoms with Gasteiger partial charge in [-0.15, -0.1) is 0 Å². The van der Waals surface area contributed by atoms with Crippen LogP contribution in [0.2, 0.25) is 5.22 Å². The van der Waals surface area contributed by atoms with Crippen LogP contribution in [0.15, 0.2) is 14.0 Å². The molecule has 2 aromatic rings. The zero-order valence-electron chi connectivity index (χ0n) is 8.61. The second-order valence-electron chi connectivity index (χ2n) is 3.42. The molecule has 2 rings (SSSR count). The summed E-state index contributed by atoms with van der Waals surface area (Å²) in [7, 11) is 1.27. The number of halogens is 1. The van der Waals surface area contributed by atoms with Gasteiger partial charge in [0.2, 0.25) is 10.9 Å². The molecule has 0 aliphatic carbocycles. The van der Waals surface area contributed by atoms with Crippen LogP contribution in [0, 0.1) is 0 Å². The summed E-state index contributed by atoms with van der Waals surface area (Å²) in [5, 5.41) is 8.48. The van der Waals surface area contributed by atoms with Crippen LogP contribution in [0.5, 0.6) is 0 Å². The van der Waals surface area contributed by atoms with E-state index in [1.807, 2.05) is 0 Å². The number of furan rings is 1. The van der Waals surface area contributed by atoms with Crippen LogP contribution in [-0.2, 0) is 18.3 Å². The third kappa shape index (κ3) is 1.74. The van der Waals surface area contributed by atoms with Gasteiger partial charge in [-0.2, -0.15) is 0 Å². The lowest BCUT2D eigenvalue weighted by Gasteiger charge is -1.96. The molecule has 17 heavy (non-hydrogen) atoms. The third-order valence-corrected chi connectivity index (χ3v) is 2.63. The van der Waals surface area contributed by atoms with E-state index in [0.29, 0.717) is 0 Å². The van der Waals surface area contributed by atoms with Crippen LogP contribution in [-0.4, -0.2) is 20.6 Å². The van der Waals surface area contributed by atoms with Gasteiger partial charge in [-0.05, 0) is 11.6 Å². The van der Waals surface area contributed by atoms with E-state index in [4.69, 9.17) is 21.1 Å². The Balaban J connectivity index is 2.90. The van der Waals surface area contributed by atoms with Gasteiger partial charge >= 0.3 is 11.7 Å². The minimum absolute atomic E-state index is 0.0144. The summed E-state index contributed by atoms with van der Waals surface area (Å²) in [6.07, 6.45) is -0.451. The number of H-pyrrole nitrogens is 1. The molecule has 0 unspecified atom stereocenters. The van der Waals surface area contributed by atoms with E-state index in [1.165, 1.54) is 7.05 Å². The lowest BCUT2D eigenvalue weighted by Crippen LogP contribution is -2.32.